The smallest absolute Gasteiger partial charge is 0.258 e. The summed E-state index contributed by atoms with van der Waals surface area (Å²) in [5.41, 5.74) is -0.136. The lowest BCUT2D eigenvalue weighted by molar-refractivity contribution is -0.385. The number of benzene rings is 1. The Labute approximate surface area is 122 Å². The van der Waals surface area contributed by atoms with Crippen molar-refractivity contribution in [1.29, 1.82) is 5.26 Å². The van der Waals surface area contributed by atoms with Crippen molar-refractivity contribution in [3.05, 3.63) is 33.9 Å². The maximum atomic E-state index is 12.4. The average molecular weight is 309 g/mol. The fourth-order valence-corrected chi connectivity index (χ4v) is 4.18. The first kappa shape index (κ1) is 15.4. The summed E-state index contributed by atoms with van der Waals surface area (Å²) in [4.78, 5) is 10.2. The van der Waals surface area contributed by atoms with Gasteiger partial charge in [0, 0.05) is 17.7 Å². The normalized spacial score (nSPS) is 21.9. The van der Waals surface area contributed by atoms with E-state index in [1.165, 1.54) is 25.1 Å². The topological polar surface area (TPSA) is 113 Å². The predicted molar refractivity (Wildman–Crippen MR) is 74.9 cm³/mol. The average Bonchev–Trinajstić information content (AvgIpc) is 2.84. The molecule has 1 aliphatic rings. The van der Waals surface area contributed by atoms with Gasteiger partial charge in [-0.25, -0.2) is 13.1 Å². The van der Waals surface area contributed by atoms with E-state index in [-0.39, 0.29) is 22.1 Å². The molecule has 1 aliphatic carbocycles. The van der Waals surface area contributed by atoms with Crippen molar-refractivity contribution in [3.8, 4) is 6.07 Å². The fraction of sp³-hybridized carbons (Fsp3) is 0.462. The van der Waals surface area contributed by atoms with Crippen LogP contribution in [-0.4, -0.2) is 19.4 Å². The molecule has 0 saturated heterocycles. The quantitative estimate of drug-likeness (QED) is 0.673. The third-order valence-corrected chi connectivity index (χ3v) is 5.36. The number of sulfonamides is 1. The van der Waals surface area contributed by atoms with Gasteiger partial charge in [0.15, 0.2) is 0 Å². The van der Waals surface area contributed by atoms with Gasteiger partial charge in [-0.2, -0.15) is 5.26 Å². The highest BCUT2D eigenvalue weighted by Gasteiger charge is 2.32. The van der Waals surface area contributed by atoms with E-state index in [9.17, 15) is 18.5 Å². The van der Waals surface area contributed by atoms with Gasteiger partial charge in [-0.05, 0) is 25.8 Å². The Morgan fingerprint density at radius 3 is 2.76 bits per heavy atom. The molecule has 8 heteroatoms. The van der Waals surface area contributed by atoms with Crippen LogP contribution in [0, 0.1) is 34.3 Å². The highest BCUT2D eigenvalue weighted by Crippen LogP contribution is 2.29. The number of hydrogen-bond donors (Lipinski definition) is 1. The van der Waals surface area contributed by atoms with Crippen LogP contribution in [0.4, 0.5) is 5.69 Å². The number of nitrogens with one attached hydrogen (secondary N) is 1. The molecule has 0 aromatic heterocycles. The minimum absolute atomic E-state index is 0.0986. The zero-order valence-corrected chi connectivity index (χ0v) is 12.3. The molecule has 0 aliphatic heterocycles. The molecule has 2 unspecified atom stereocenters. The summed E-state index contributed by atoms with van der Waals surface area (Å²) < 4.78 is 27.3. The summed E-state index contributed by atoms with van der Waals surface area (Å²) in [6.07, 6.45) is 2.06. The van der Waals surface area contributed by atoms with E-state index in [4.69, 9.17) is 5.26 Å². The van der Waals surface area contributed by atoms with Gasteiger partial charge in [-0.15, -0.1) is 0 Å². The summed E-state index contributed by atoms with van der Waals surface area (Å²) >= 11 is 0. The first-order chi connectivity index (χ1) is 9.86. The van der Waals surface area contributed by atoms with Crippen molar-refractivity contribution in [3.63, 3.8) is 0 Å². The third-order valence-electron chi connectivity index (χ3n) is 3.73. The SMILES string of the molecule is Cc1c([N+](=O)[O-])cccc1S(=O)(=O)NC1CCCC1C#N. The molecule has 0 bridgehead atoms. The first-order valence-corrected chi connectivity index (χ1v) is 8.01. The molecular formula is C13H15N3O4S. The van der Waals surface area contributed by atoms with Crippen molar-refractivity contribution in [1.82, 2.24) is 4.72 Å². The molecule has 21 heavy (non-hydrogen) atoms. The molecule has 2 atom stereocenters. The second-order valence-electron chi connectivity index (χ2n) is 5.05. The van der Waals surface area contributed by atoms with Gasteiger partial charge < -0.3 is 0 Å². The second-order valence-corrected chi connectivity index (χ2v) is 6.73. The molecule has 0 spiro atoms. The van der Waals surface area contributed by atoms with Crippen LogP contribution in [0.15, 0.2) is 23.1 Å². The molecule has 1 aromatic carbocycles. The van der Waals surface area contributed by atoms with Gasteiger partial charge in [0.25, 0.3) is 5.69 Å². The summed E-state index contributed by atoms with van der Waals surface area (Å²) in [5, 5.41) is 19.9. The zero-order chi connectivity index (χ0) is 15.6. The van der Waals surface area contributed by atoms with Gasteiger partial charge in [-0.1, -0.05) is 12.5 Å². The van der Waals surface area contributed by atoms with Gasteiger partial charge in [0.05, 0.1) is 21.8 Å². The number of nitrogens with zero attached hydrogens (tertiary/aromatic N) is 2. The Morgan fingerprint density at radius 1 is 1.43 bits per heavy atom. The van der Waals surface area contributed by atoms with Crippen LogP contribution >= 0.6 is 0 Å². The van der Waals surface area contributed by atoms with Crippen molar-refractivity contribution in [2.75, 3.05) is 0 Å². The summed E-state index contributed by atoms with van der Waals surface area (Å²) in [6.45, 7) is 1.41. The molecule has 1 aromatic rings. The molecule has 112 valence electrons. The molecule has 1 saturated carbocycles. The highest BCUT2D eigenvalue weighted by atomic mass is 32.2. The monoisotopic (exact) mass is 309 g/mol. The van der Waals surface area contributed by atoms with E-state index in [1.807, 2.05) is 0 Å². The van der Waals surface area contributed by atoms with E-state index >= 15 is 0 Å². The lowest BCUT2D eigenvalue weighted by Crippen LogP contribution is -2.37. The van der Waals surface area contributed by atoms with Crippen LogP contribution in [-0.2, 0) is 10.0 Å². The summed E-state index contributed by atoms with van der Waals surface area (Å²) in [7, 11) is -3.88. The Balaban J connectivity index is 2.35. The zero-order valence-electron chi connectivity index (χ0n) is 11.4. The van der Waals surface area contributed by atoms with E-state index in [0.717, 1.165) is 6.42 Å². The number of nitro benzene ring substituents is 1. The van der Waals surface area contributed by atoms with Crippen LogP contribution < -0.4 is 4.72 Å². The van der Waals surface area contributed by atoms with Crippen LogP contribution in [0.3, 0.4) is 0 Å². The molecule has 2 rings (SSSR count). The number of hydrogen-bond acceptors (Lipinski definition) is 5. The van der Waals surface area contributed by atoms with Crippen molar-refractivity contribution < 1.29 is 13.3 Å². The minimum Gasteiger partial charge on any atom is -0.258 e. The van der Waals surface area contributed by atoms with Crippen LogP contribution in [0.2, 0.25) is 0 Å². The Morgan fingerprint density at radius 2 is 2.14 bits per heavy atom. The van der Waals surface area contributed by atoms with Crippen LogP contribution in [0.5, 0.6) is 0 Å². The molecule has 0 amide bonds. The predicted octanol–water partition coefficient (Wildman–Crippen LogP) is 1.87. The van der Waals surface area contributed by atoms with E-state index in [1.54, 1.807) is 0 Å². The standard InChI is InChI=1S/C13H15N3O4S/c1-9-12(16(17)18)6-3-7-13(9)21(19,20)15-11-5-2-4-10(11)8-14/h3,6-7,10-11,15H,2,4-5H2,1H3. The van der Waals surface area contributed by atoms with Crippen molar-refractivity contribution in [2.24, 2.45) is 5.92 Å². The minimum atomic E-state index is -3.88. The Kier molecular flexibility index (Phi) is 4.25. The molecular weight excluding hydrogens is 294 g/mol. The summed E-state index contributed by atoms with van der Waals surface area (Å²) in [6, 6.07) is 5.61. The lowest BCUT2D eigenvalue weighted by Gasteiger charge is -2.16. The Bertz CT molecular complexity index is 709. The van der Waals surface area contributed by atoms with Crippen LogP contribution in [0.25, 0.3) is 0 Å². The van der Waals surface area contributed by atoms with Gasteiger partial charge >= 0.3 is 0 Å². The largest absolute Gasteiger partial charge is 0.273 e. The van der Waals surface area contributed by atoms with Crippen LogP contribution in [0.1, 0.15) is 24.8 Å². The highest BCUT2D eigenvalue weighted by molar-refractivity contribution is 7.89. The van der Waals surface area contributed by atoms with Gasteiger partial charge in [0.2, 0.25) is 10.0 Å². The maximum absolute atomic E-state index is 12.4. The Hall–Kier alpha value is -1.98. The van der Waals surface area contributed by atoms with E-state index in [2.05, 4.69) is 10.8 Å². The first-order valence-electron chi connectivity index (χ1n) is 6.53. The van der Waals surface area contributed by atoms with Gasteiger partial charge in [0.1, 0.15) is 0 Å². The second kappa shape index (κ2) is 5.79. The third kappa shape index (κ3) is 3.04. The molecule has 7 nitrogen and oxygen atoms in total. The summed E-state index contributed by atoms with van der Waals surface area (Å²) in [5.74, 6) is -0.348. The van der Waals surface area contributed by atoms with E-state index in [0.29, 0.717) is 12.8 Å². The molecule has 1 fully saturated rings. The number of rotatable bonds is 4. The number of nitro groups is 1. The molecule has 0 heterocycles. The lowest BCUT2D eigenvalue weighted by atomic mass is 10.1. The molecule has 0 radical (unpaired) electrons. The van der Waals surface area contributed by atoms with Crippen molar-refractivity contribution in [2.45, 2.75) is 37.1 Å². The van der Waals surface area contributed by atoms with E-state index < -0.39 is 21.0 Å². The fourth-order valence-electron chi connectivity index (χ4n) is 2.61. The molecule has 1 N–H and O–H groups in total. The number of nitriles is 1. The maximum Gasteiger partial charge on any atom is 0.273 e. The van der Waals surface area contributed by atoms with Crippen molar-refractivity contribution >= 4 is 15.7 Å². The van der Waals surface area contributed by atoms with Gasteiger partial charge in [-0.3, -0.25) is 10.1 Å².